The molecule has 7 atom stereocenters. The summed E-state index contributed by atoms with van der Waals surface area (Å²) < 4.78 is 146. The van der Waals surface area contributed by atoms with E-state index >= 15 is 0 Å². The molecule has 1 aliphatic carbocycles. The Hall–Kier alpha value is -4.78. The second kappa shape index (κ2) is 23.6. The number of methoxy groups -OCH3 is 2. The van der Waals surface area contributed by atoms with Crippen LogP contribution in [0.1, 0.15) is 92.4 Å². The Morgan fingerprint density at radius 1 is 0.614 bits per heavy atom. The molecule has 0 bridgehead atoms. The van der Waals surface area contributed by atoms with Crippen LogP contribution in [0.2, 0.25) is 20.1 Å². The highest BCUT2D eigenvalue weighted by Gasteiger charge is 2.60. The minimum absolute atomic E-state index is 0.00371. The summed E-state index contributed by atoms with van der Waals surface area (Å²) >= 11 is 24.0. The summed E-state index contributed by atoms with van der Waals surface area (Å²) in [6.07, 6.45) is -11.2. The van der Waals surface area contributed by atoms with E-state index in [0.717, 1.165) is 28.1 Å². The number of benzene rings is 4. The summed E-state index contributed by atoms with van der Waals surface area (Å²) in [5.41, 5.74) is 0.564. The normalized spacial score (nSPS) is 17.0. The molecule has 0 spiro atoms. The van der Waals surface area contributed by atoms with Crippen molar-refractivity contribution in [1.29, 1.82) is 0 Å². The molecule has 0 aromatic heterocycles. The SMILES string of the molecule is COC(=O)CC(CC(C)(F)F)c1ccc(Cl)c(NC(=O)[C@H](c2ccc(Cl)cc2)[C@@H](C)C(F)(F)F)c1.COC(=O)CC(c1ccc(Cl)c(NC(=O)[C@H](c2ccc(Cl)cc2)[C@@H](C)C(F)(F)F)c1)C1CC1(F)F. The van der Waals surface area contributed by atoms with E-state index in [9.17, 15) is 63.1 Å². The molecule has 1 aliphatic rings. The predicted octanol–water partition coefficient (Wildman–Crippen LogP) is 14.8. The highest BCUT2D eigenvalue weighted by Crippen LogP contribution is 2.57. The average molecular weight is 1080 g/mol. The molecule has 3 unspecified atom stereocenters. The van der Waals surface area contributed by atoms with Gasteiger partial charge < -0.3 is 20.1 Å². The van der Waals surface area contributed by atoms with E-state index in [0.29, 0.717) is 6.92 Å². The van der Waals surface area contributed by atoms with E-state index in [2.05, 4.69) is 20.1 Å². The molecule has 0 radical (unpaired) electrons. The van der Waals surface area contributed by atoms with Crippen molar-refractivity contribution in [2.24, 2.45) is 17.8 Å². The van der Waals surface area contributed by atoms with Crippen LogP contribution in [0.15, 0.2) is 84.9 Å². The van der Waals surface area contributed by atoms with Gasteiger partial charge in [-0.1, -0.05) is 96.6 Å². The summed E-state index contributed by atoms with van der Waals surface area (Å²) in [5, 5.41) is 5.36. The van der Waals surface area contributed by atoms with Gasteiger partial charge in [0.2, 0.25) is 17.7 Å². The lowest BCUT2D eigenvalue weighted by atomic mass is 9.85. The second-order valence-electron chi connectivity index (χ2n) is 16.9. The molecule has 382 valence electrons. The van der Waals surface area contributed by atoms with Gasteiger partial charge in [0.1, 0.15) is 0 Å². The predicted molar refractivity (Wildman–Crippen MR) is 246 cm³/mol. The molecule has 2 N–H and O–H groups in total. The summed E-state index contributed by atoms with van der Waals surface area (Å²) in [4.78, 5) is 49.8. The Labute approximate surface area is 416 Å². The molecular formula is C48H46Cl4F10N2O6. The van der Waals surface area contributed by atoms with Crippen molar-refractivity contribution in [1.82, 2.24) is 0 Å². The highest BCUT2D eigenvalue weighted by molar-refractivity contribution is 6.34. The van der Waals surface area contributed by atoms with Crippen LogP contribution in [0.4, 0.5) is 55.3 Å². The van der Waals surface area contributed by atoms with Gasteiger partial charge >= 0.3 is 24.3 Å². The quantitative estimate of drug-likeness (QED) is 0.0805. The Kier molecular flexibility index (Phi) is 19.5. The molecule has 0 heterocycles. The van der Waals surface area contributed by atoms with Crippen LogP contribution in [-0.4, -0.2) is 62.2 Å². The lowest BCUT2D eigenvalue weighted by Gasteiger charge is -2.26. The number of hydrogen-bond acceptors (Lipinski definition) is 6. The fraction of sp³-hybridized carbons (Fsp3) is 0.417. The lowest BCUT2D eigenvalue weighted by Crippen LogP contribution is -2.34. The number of esters is 2. The van der Waals surface area contributed by atoms with Crippen LogP contribution in [0.25, 0.3) is 0 Å². The third-order valence-corrected chi connectivity index (χ3v) is 12.8. The maximum atomic E-state index is 13.8. The first-order valence-electron chi connectivity index (χ1n) is 21.1. The number of carbonyl (C=O) groups excluding carboxylic acids is 4. The number of hydrogen-bond donors (Lipinski definition) is 2. The first kappa shape index (κ1) is 57.8. The molecule has 70 heavy (non-hydrogen) atoms. The number of ether oxygens (including phenoxy) is 2. The van der Waals surface area contributed by atoms with Crippen LogP contribution in [0.3, 0.4) is 0 Å². The summed E-state index contributed by atoms with van der Waals surface area (Å²) in [6.45, 7) is 2.47. The average Bonchev–Trinajstić information content (AvgIpc) is 3.91. The number of nitrogens with one attached hydrogen (secondary N) is 2. The van der Waals surface area contributed by atoms with Gasteiger partial charge in [-0.3, -0.25) is 19.2 Å². The second-order valence-corrected chi connectivity index (χ2v) is 18.6. The van der Waals surface area contributed by atoms with E-state index < -0.39 is 102 Å². The molecule has 8 nitrogen and oxygen atoms in total. The Morgan fingerprint density at radius 2 is 0.971 bits per heavy atom. The Morgan fingerprint density at radius 3 is 1.33 bits per heavy atom. The van der Waals surface area contributed by atoms with Crippen LogP contribution in [0.5, 0.6) is 0 Å². The number of halogens is 14. The van der Waals surface area contributed by atoms with Gasteiger partial charge in [-0.05, 0) is 77.7 Å². The topological polar surface area (TPSA) is 111 Å². The molecule has 2 amide bonds. The fourth-order valence-corrected chi connectivity index (χ4v) is 8.27. The largest absolute Gasteiger partial charge is 0.469 e. The van der Waals surface area contributed by atoms with Crippen molar-refractivity contribution >= 4 is 81.5 Å². The van der Waals surface area contributed by atoms with Crippen molar-refractivity contribution in [3.8, 4) is 0 Å². The fourth-order valence-electron chi connectivity index (χ4n) is 7.69. The van der Waals surface area contributed by atoms with Crippen molar-refractivity contribution in [2.45, 2.75) is 94.3 Å². The van der Waals surface area contributed by atoms with Crippen molar-refractivity contribution in [3.05, 3.63) is 127 Å². The van der Waals surface area contributed by atoms with Crippen LogP contribution in [0, 0.1) is 17.8 Å². The number of rotatable bonds is 17. The molecule has 1 fully saturated rings. The number of amides is 2. The van der Waals surface area contributed by atoms with E-state index in [1.54, 1.807) is 0 Å². The number of carbonyl (C=O) groups is 4. The van der Waals surface area contributed by atoms with Gasteiger partial charge in [-0.2, -0.15) is 26.3 Å². The third-order valence-electron chi connectivity index (χ3n) is 11.7. The smallest absolute Gasteiger partial charge is 0.392 e. The van der Waals surface area contributed by atoms with E-state index in [-0.39, 0.29) is 66.6 Å². The van der Waals surface area contributed by atoms with Crippen LogP contribution in [-0.2, 0) is 28.7 Å². The van der Waals surface area contributed by atoms with E-state index in [1.807, 2.05) is 0 Å². The van der Waals surface area contributed by atoms with Gasteiger partial charge in [0.25, 0.3) is 5.92 Å². The first-order valence-corrected chi connectivity index (χ1v) is 22.6. The van der Waals surface area contributed by atoms with Crippen LogP contribution >= 0.6 is 46.4 Å². The maximum absolute atomic E-state index is 13.8. The Bertz CT molecular complexity index is 2470. The van der Waals surface area contributed by atoms with Gasteiger partial charge in [0, 0.05) is 40.6 Å². The van der Waals surface area contributed by atoms with Crippen molar-refractivity contribution in [2.75, 3.05) is 24.9 Å². The zero-order valence-electron chi connectivity index (χ0n) is 37.7. The third kappa shape index (κ3) is 16.1. The molecule has 4 aromatic carbocycles. The standard InChI is InChI=1S/C24H22Cl2F5NO3.C24H24Cl2F5NO3/c1-12(24(29,30)31)21(13-3-6-15(25)7-4-13)22(34)32-19-9-14(5-8-18(19)26)16(10-20(33)35-2)17-11-23(17,27)28;1-13(24(29,30)31)21(14-4-7-17(25)8-5-14)22(34)32-19-10-15(6-9-18(19)26)16(11-20(33)35-3)12-23(2,27)28/h3-9,12,16-17,21H,10-11H2,1-2H3,(H,32,34);4-10,13,16,21H,11-12H2,1-3H3,(H,32,34)/t12-,16?,17?,21+;13-,16?,21+/m11/s1. The summed E-state index contributed by atoms with van der Waals surface area (Å²) in [6, 6.07) is 18.9. The molecule has 22 heteroatoms. The zero-order valence-corrected chi connectivity index (χ0v) is 40.7. The number of alkyl halides is 10. The van der Waals surface area contributed by atoms with Gasteiger partial charge in [0.15, 0.2) is 0 Å². The van der Waals surface area contributed by atoms with E-state index in [4.69, 9.17) is 46.4 Å². The summed E-state index contributed by atoms with van der Waals surface area (Å²) in [7, 11) is 2.26. The van der Waals surface area contributed by atoms with Gasteiger partial charge in [-0.15, -0.1) is 0 Å². The lowest BCUT2D eigenvalue weighted by molar-refractivity contribution is -0.178. The minimum atomic E-state index is -4.69. The molecule has 0 aliphatic heterocycles. The molecule has 4 aromatic rings. The molecular weight excluding hydrogens is 1030 g/mol. The molecule has 0 saturated heterocycles. The molecule has 5 rings (SSSR count). The number of anilines is 2. The maximum Gasteiger partial charge on any atom is 0.392 e. The molecule has 1 saturated carbocycles. The van der Waals surface area contributed by atoms with Crippen molar-refractivity contribution < 1.29 is 72.6 Å². The van der Waals surface area contributed by atoms with Crippen molar-refractivity contribution in [3.63, 3.8) is 0 Å². The monoisotopic (exact) mass is 1080 g/mol. The first-order chi connectivity index (χ1) is 32.4. The summed E-state index contributed by atoms with van der Waals surface area (Å²) in [5.74, 6) is -19.9. The van der Waals surface area contributed by atoms with E-state index in [1.165, 1.54) is 84.9 Å². The minimum Gasteiger partial charge on any atom is -0.469 e. The Balaban J connectivity index is 0.000000305. The van der Waals surface area contributed by atoms with Crippen LogP contribution < -0.4 is 10.6 Å². The highest BCUT2D eigenvalue weighted by atomic mass is 35.5. The van der Waals surface area contributed by atoms with Gasteiger partial charge in [-0.25, -0.2) is 17.6 Å². The zero-order chi connectivity index (χ0) is 52.7. The van der Waals surface area contributed by atoms with Gasteiger partial charge in [0.05, 0.1) is 72.2 Å².